The minimum absolute atomic E-state index is 0.0351. The summed E-state index contributed by atoms with van der Waals surface area (Å²) in [5.41, 5.74) is 7.55. The molecular weight excluding hydrogens is 260 g/mol. The molecule has 1 aliphatic rings. The lowest BCUT2D eigenvalue weighted by Crippen LogP contribution is -2.44. The smallest absolute Gasteiger partial charge is 0.340 e. The normalized spacial score (nSPS) is 18.9. The second-order valence-electron chi connectivity index (χ2n) is 4.66. The van der Waals surface area contributed by atoms with Gasteiger partial charge in [-0.25, -0.2) is 4.79 Å². The number of methoxy groups -OCH3 is 2. The second-order valence-corrected chi connectivity index (χ2v) is 4.66. The van der Waals surface area contributed by atoms with Crippen LogP contribution >= 0.6 is 0 Å². The molecule has 1 atom stereocenters. The van der Waals surface area contributed by atoms with Gasteiger partial charge in [-0.3, -0.25) is 0 Å². The van der Waals surface area contributed by atoms with Crippen LogP contribution in [0.3, 0.4) is 0 Å². The minimum Gasteiger partial charge on any atom is -0.465 e. The monoisotopic (exact) mass is 280 g/mol. The number of hydrogen-bond donors (Lipinski definition) is 1. The lowest BCUT2D eigenvalue weighted by Gasteiger charge is -2.34. The van der Waals surface area contributed by atoms with Crippen LogP contribution < -0.4 is 10.6 Å². The van der Waals surface area contributed by atoms with Crippen LogP contribution in [0.15, 0.2) is 18.2 Å². The van der Waals surface area contributed by atoms with E-state index in [-0.39, 0.29) is 6.10 Å². The molecule has 0 amide bonds. The third kappa shape index (κ3) is 3.20. The summed E-state index contributed by atoms with van der Waals surface area (Å²) in [6.07, 6.45) is 0.0351. The highest BCUT2D eigenvalue weighted by molar-refractivity contribution is 5.96. The van der Waals surface area contributed by atoms with Gasteiger partial charge in [0.05, 0.1) is 32.0 Å². The van der Waals surface area contributed by atoms with E-state index >= 15 is 0 Å². The Morgan fingerprint density at radius 3 is 3.00 bits per heavy atom. The van der Waals surface area contributed by atoms with Crippen molar-refractivity contribution < 1.29 is 19.0 Å². The first-order valence-electron chi connectivity index (χ1n) is 6.49. The Labute approximate surface area is 118 Å². The third-order valence-corrected chi connectivity index (χ3v) is 3.30. The van der Waals surface area contributed by atoms with Crippen LogP contribution in [0.2, 0.25) is 0 Å². The van der Waals surface area contributed by atoms with Crippen LogP contribution in [0, 0.1) is 0 Å². The zero-order chi connectivity index (χ0) is 14.5. The number of carbonyl (C=O) groups is 1. The van der Waals surface area contributed by atoms with Crippen molar-refractivity contribution in [2.75, 3.05) is 51.2 Å². The third-order valence-electron chi connectivity index (χ3n) is 3.30. The number of nitrogens with two attached hydrogens (primary N) is 1. The number of esters is 1. The van der Waals surface area contributed by atoms with Gasteiger partial charge in [0.2, 0.25) is 0 Å². The average molecular weight is 280 g/mol. The maximum absolute atomic E-state index is 11.7. The molecule has 2 rings (SSSR count). The summed E-state index contributed by atoms with van der Waals surface area (Å²) >= 11 is 0. The van der Waals surface area contributed by atoms with E-state index in [9.17, 15) is 4.79 Å². The van der Waals surface area contributed by atoms with Crippen molar-refractivity contribution in [2.24, 2.45) is 0 Å². The fourth-order valence-corrected chi connectivity index (χ4v) is 2.27. The number of rotatable bonds is 4. The Bertz CT molecular complexity index is 476. The van der Waals surface area contributed by atoms with E-state index in [2.05, 4.69) is 4.90 Å². The lowest BCUT2D eigenvalue weighted by atomic mass is 10.1. The van der Waals surface area contributed by atoms with Gasteiger partial charge in [-0.05, 0) is 18.2 Å². The Kier molecular flexibility index (Phi) is 4.81. The highest BCUT2D eigenvalue weighted by Gasteiger charge is 2.22. The molecule has 1 fully saturated rings. The molecule has 1 aromatic carbocycles. The van der Waals surface area contributed by atoms with Gasteiger partial charge in [-0.15, -0.1) is 0 Å². The summed E-state index contributed by atoms with van der Waals surface area (Å²) in [4.78, 5) is 13.8. The number of hydrogen-bond acceptors (Lipinski definition) is 6. The quantitative estimate of drug-likeness (QED) is 0.652. The molecule has 0 saturated carbocycles. The topological polar surface area (TPSA) is 74.0 Å². The summed E-state index contributed by atoms with van der Waals surface area (Å²) in [7, 11) is 3.00. The highest BCUT2D eigenvalue weighted by Crippen LogP contribution is 2.23. The first-order chi connectivity index (χ1) is 9.65. The summed E-state index contributed by atoms with van der Waals surface area (Å²) in [6.45, 7) is 2.67. The van der Waals surface area contributed by atoms with Gasteiger partial charge in [0.1, 0.15) is 0 Å². The molecule has 6 heteroatoms. The van der Waals surface area contributed by atoms with Crippen molar-refractivity contribution in [2.45, 2.75) is 6.10 Å². The van der Waals surface area contributed by atoms with Gasteiger partial charge in [-0.2, -0.15) is 0 Å². The van der Waals surface area contributed by atoms with Crippen molar-refractivity contribution in [1.29, 1.82) is 0 Å². The number of benzene rings is 1. The fraction of sp³-hybridized carbons (Fsp3) is 0.500. The summed E-state index contributed by atoms with van der Waals surface area (Å²) < 4.78 is 15.5. The van der Waals surface area contributed by atoms with Crippen molar-refractivity contribution in [1.82, 2.24) is 0 Å². The standard InChI is InChI=1S/C14H20N2O4/c1-18-9-11-8-16(5-6-20-11)10-3-4-13(15)12(7-10)14(17)19-2/h3-4,7,11H,5-6,8-9,15H2,1-2H3/t11-/m0/s1. The van der Waals surface area contributed by atoms with E-state index in [0.29, 0.717) is 24.5 Å². The van der Waals surface area contributed by atoms with Gasteiger partial charge in [0.25, 0.3) is 0 Å². The van der Waals surface area contributed by atoms with Crippen LogP contribution in [0.25, 0.3) is 0 Å². The van der Waals surface area contributed by atoms with E-state index in [0.717, 1.165) is 18.8 Å². The summed E-state index contributed by atoms with van der Waals surface area (Å²) in [5, 5.41) is 0. The Hall–Kier alpha value is -1.79. The number of ether oxygens (including phenoxy) is 3. The Morgan fingerprint density at radius 2 is 2.30 bits per heavy atom. The number of anilines is 2. The SMILES string of the molecule is COC[C@@H]1CN(c2ccc(N)c(C(=O)OC)c2)CCO1. The summed E-state index contributed by atoms with van der Waals surface area (Å²) in [6, 6.07) is 5.38. The van der Waals surface area contributed by atoms with E-state index in [1.54, 1.807) is 19.2 Å². The molecule has 0 radical (unpaired) electrons. The van der Waals surface area contributed by atoms with E-state index < -0.39 is 5.97 Å². The van der Waals surface area contributed by atoms with Crippen molar-refractivity contribution in [3.8, 4) is 0 Å². The van der Waals surface area contributed by atoms with Crippen LogP contribution in [0.5, 0.6) is 0 Å². The molecule has 20 heavy (non-hydrogen) atoms. The van der Waals surface area contributed by atoms with Crippen molar-refractivity contribution in [3.63, 3.8) is 0 Å². The molecule has 0 bridgehead atoms. The molecule has 1 aliphatic heterocycles. The fourth-order valence-electron chi connectivity index (χ4n) is 2.27. The number of carbonyl (C=O) groups excluding carboxylic acids is 1. The minimum atomic E-state index is -0.425. The molecule has 1 saturated heterocycles. The van der Waals surface area contributed by atoms with Crippen molar-refractivity contribution >= 4 is 17.3 Å². The zero-order valence-corrected chi connectivity index (χ0v) is 11.8. The Balaban J connectivity index is 2.17. The molecule has 0 spiro atoms. The van der Waals surface area contributed by atoms with Crippen LogP contribution in [-0.2, 0) is 14.2 Å². The molecular formula is C14H20N2O4. The molecule has 0 aliphatic carbocycles. The van der Waals surface area contributed by atoms with E-state index in [4.69, 9.17) is 19.9 Å². The van der Waals surface area contributed by atoms with E-state index in [1.807, 2.05) is 6.07 Å². The van der Waals surface area contributed by atoms with Gasteiger partial charge in [0.15, 0.2) is 0 Å². The van der Waals surface area contributed by atoms with Crippen LogP contribution in [0.4, 0.5) is 11.4 Å². The zero-order valence-electron chi connectivity index (χ0n) is 11.8. The number of morpholine rings is 1. The van der Waals surface area contributed by atoms with Gasteiger partial charge < -0.3 is 24.8 Å². The highest BCUT2D eigenvalue weighted by atomic mass is 16.5. The van der Waals surface area contributed by atoms with Gasteiger partial charge in [-0.1, -0.05) is 0 Å². The van der Waals surface area contributed by atoms with E-state index in [1.165, 1.54) is 7.11 Å². The van der Waals surface area contributed by atoms with Crippen LogP contribution in [-0.4, -0.2) is 52.6 Å². The first-order valence-corrected chi connectivity index (χ1v) is 6.49. The summed E-state index contributed by atoms with van der Waals surface area (Å²) in [5.74, 6) is -0.425. The average Bonchev–Trinajstić information content (AvgIpc) is 2.47. The van der Waals surface area contributed by atoms with Crippen molar-refractivity contribution in [3.05, 3.63) is 23.8 Å². The predicted octanol–water partition coefficient (Wildman–Crippen LogP) is 0.907. The largest absolute Gasteiger partial charge is 0.465 e. The lowest BCUT2D eigenvalue weighted by molar-refractivity contribution is -0.0100. The molecule has 1 aromatic rings. The van der Waals surface area contributed by atoms with Crippen LogP contribution in [0.1, 0.15) is 10.4 Å². The van der Waals surface area contributed by atoms with Gasteiger partial charge >= 0.3 is 5.97 Å². The molecule has 110 valence electrons. The first kappa shape index (κ1) is 14.6. The Morgan fingerprint density at radius 1 is 1.50 bits per heavy atom. The van der Waals surface area contributed by atoms with Gasteiger partial charge in [0, 0.05) is 31.6 Å². The number of nitrogens with zero attached hydrogens (tertiary/aromatic N) is 1. The molecule has 0 aromatic heterocycles. The maximum atomic E-state index is 11.7. The molecule has 1 heterocycles. The number of nitrogen functional groups attached to an aromatic ring is 1. The molecule has 2 N–H and O–H groups in total. The molecule has 0 unspecified atom stereocenters. The predicted molar refractivity (Wildman–Crippen MR) is 76.0 cm³/mol. The second kappa shape index (κ2) is 6.58. The molecule has 6 nitrogen and oxygen atoms in total. The maximum Gasteiger partial charge on any atom is 0.340 e.